The molecule has 0 saturated heterocycles. The first-order valence-corrected chi connectivity index (χ1v) is 7.78. The molecule has 106 valence electrons. The molecule has 1 heterocycles. The van der Waals surface area contributed by atoms with Crippen LogP contribution in [0.4, 0.5) is 0 Å². The van der Waals surface area contributed by atoms with Gasteiger partial charge in [0.15, 0.2) is 0 Å². The number of hydrogen-bond donors (Lipinski definition) is 3. The van der Waals surface area contributed by atoms with Crippen LogP contribution >= 0.6 is 22.9 Å². The molecular weight excluding hydrogens is 314 g/mol. The van der Waals surface area contributed by atoms with Crippen LogP contribution in [0, 0.1) is 0 Å². The van der Waals surface area contributed by atoms with Gasteiger partial charge in [-0.25, -0.2) is 8.42 Å². The zero-order valence-electron chi connectivity index (χ0n) is 10.1. The molecule has 1 aromatic heterocycles. The first-order chi connectivity index (χ1) is 8.72. The van der Waals surface area contributed by atoms with Crippen molar-refractivity contribution in [3.63, 3.8) is 0 Å². The fourth-order valence-electron chi connectivity index (χ4n) is 0.990. The minimum absolute atomic E-state index is 0.0675. The van der Waals surface area contributed by atoms with Crippen molar-refractivity contribution in [3.05, 3.63) is 16.5 Å². The van der Waals surface area contributed by atoms with Crippen LogP contribution in [0.15, 0.2) is 16.3 Å². The van der Waals surface area contributed by atoms with Crippen molar-refractivity contribution in [2.75, 3.05) is 0 Å². The van der Waals surface area contributed by atoms with Crippen LogP contribution in [0.3, 0.4) is 0 Å². The average molecular weight is 326 g/mol. The fraction of sp³-hybridized carbons (Fsp3) is 0.333. The summed E-state index contributed by atoms with van der Waals surface area (Å²) in [5.41, 5.74) is 1.81. The Morgan fingerprint density at radius 2 is 1.89 bits per heavy atom. The fourth-order valence-corrected chi connectivity index (χ4v) is 3.31. The molecule has 0 spiro atoms. The Balaban J connectivity index is 2.61. The minimum atomic E-state index is -3.92. The molecule has 0 saturated carbocycles. The van der Waals surface area contributed by atoms with E-state index >= 15 is 0 Å². The molecule has 0 aliphatic heterocycles. The lowest BCUT2D eigenvalue weighted by atomic mass is 10.4. The summed E-state index contributed by atoms with van der Waals surface area (Å²) in [6.45, 7) is 3.34. The van der Waals surface area contributed by atoms with E-state index in [0.717, 1.165) is 11.3 Å². The number of thiophene rings is 1. The molecule has 1 aromatic rings. The zero-order chi connectivity index (χ0) is 14.6. The summed E-state index contributed by atoms with van der Waals surface area (Å²) in [5, 5.41) is 2.32. The molecule has 0 fully saturated rings. The normalized spacial score (nSPS) is 11.4. The molecule has 0 aromatic carbocycles. The molecule has 0 radical (unpaired) electrons. The quantitative estimate of drug-likeness (QED) is 0.544. The van der Waals surface area contributed by atoms with Crippen LogP contribution in [0.5, 0.6) is 0 Å². The van der Waals surface area contributed by atoms with Crippen molar-refractivity contribution in [2.24, 2.45) is 0 Å². The number of hydrogen-bond acceptors (Lipinski definition) is 5. The Morgan fingerprint density at radius 1 is 1.26 bits per heavy atom. The van der Waals surface area contributed by atoms with Gasteiger partial charge in [0.05, 0.1) is 4.34 Å². The van der Waals surface area contributed by atoms with E-state index < -0.39 is 21.8 Å². The zero-order valence-corrected chi connectivity index (χ0v) is 12.4. The molecule has 1 rings (SSSR count). The maximum absolute atomic E-state index is 11.7. The molecule has 7 nitrogen and oxygen atoms in total. The van der Waals surface area contributed by atoms with Crippen LogP contribution in [0.2, 0.25) is 4.34 Å². The highest BCUT2D eigenvalue weighted by Crippen LogP contribution is 2.24. The number of carbonyl (C=O) groups excluding carboxylic acids is 2. The Bertz CT molecular complexity index is 582. The van der Waals surface area contributed by atoms with Crippen molar-refractivity contribution in [3.8, 4) is 0 Å². The third-order valence-corrected chi connectivity index (χ3v) is 4.71. The molecule has 10 heteroatoms. The molecular formula is C9H12ClN3O4S2. The van der Waals surface area contributed by atoms with Crippen LogP contribution in [-0.4, -0.2) is 26.3 Å². The van der Waals surface area contributed by atoms with E-state index in [0.29, 0.717) is 4.34 Å². The molecule has 0 aliphatic rings. The van der Waals surface area contributed by atoms with Crippen LogP contribution in [-0.2, 0) is 19.6 Å². The van der Waals surface area contributed by atoms with E-state index in [-0.39, 0.29) is 10.3 Å². The number of amides is 2. The van der Waals surface area contributed by atoms with E-state index in [9.17, 15) is 18.0 Å². The second-order valence-electron chi connectivity index (χ2n) is 3.75. The lowest BCUT2D eigenvalue weighted by Gasteiger charge is -2.09. The predicted octanol–water partition coefficient (Wildman–Crippen LogP) is 0.236. The van der Waals surface area contributed by atoms with E-state index in [4.69, 9.17) is 11.6 Å². The van der Waals surface area contributed by atoms with Gasteiger partial charge in [-0.15, -0.1) is 16.2 Å². The van der Waals surface area contributed by atoms with E-state index in [1.807, 2.05) is 5.43 Å². The smallest absolute Gasteiger partial charge is 0.324 e. The molecule has 0 unspecified atom stereocenters. The monoisotopic (exact) mass is 325 g/mol. The van der Waals surface area contributed by atoms with Crippen LogP contribution in [0.1, 0.15) is 13.8 Å². The molecule has 0 bridgehead atoms. The average Bonchev–Trinajstić information content (AvgIpc) is 2.72. The minimum Gasteiger partial charge on any atom is -0.346 e. The largest absolute Gasteiger partial charge is 0.346 e. The number of nitrogens with one attached hydrogen (secondary N) is 3. The van der Waals surface area contributed by atoms with Gasteiger partial charge in [-0.05, 0) is 26.0 Å². The van der Waals surface area contributed by atoms with Crippen molar-refractivity contribution in [1.82, 2.24) is 15.6 Å². The summed E-state index contributed by atoms with van der Waals surface area (Å²) >= 11 is 6.44. The maximum atomic E-state index is 11.7. The van der Waals surface area contributed by atoms with E-state index in [1.54, 1.807) is 18.7 Å². The molecule has 3 N–H and O–H groups in total. The van der Waals surface area contributed by atoms with E-state index in [1.165, 1.54) is 12.1 Å². The number of sulfonamides is 1. The molecule has 19 heavy (non-hydrogen) atoms. The van der Waals surface area contributed by atoms with Gasteiger partial charge in [-0.2, -0.15) is 0 Å². The number of rotatable bonds is 4. The first-order valence-electron chi connectivity index (χ1n) is 5.10. The summed E-state index contributed by atoms with van der Waals surface area (Å²) in [5.74, 6) is -2.03. The summed E-state index contributed by atoms with van der Waals surface area (Å²) in [6, 6.07) is 2.47. The topological polar surface area (TPSA) is 104 Å². The van der Waals surface area contributed by atoms with Crippen molar-refractivity contribution >= 4 is 44.8 Å². The maximum Gasteiger partial charge on any atom is 0.324 e. The second-order valence-corrected chi connectivity index (χ2v) is 7.37. The second kappa shape index (κ2) is 6.33. The lowest BCUT2D eigenvalue weighted by Crippen LogP contribution is -2.49. The van der Waals surface area contributed by atoms with Crippen molar-refractivity contribution < 1.29 is 18.0 Å². The molecule has 0 atom stereocenters. The molecule has 0 aliphatic carbocycles. The van der Waals surface area contributed by atoms with Gasteiger partial charge in [0.25, 0.3) is 10.0 Å². The van der Waals surface area contributed by atoms with Gasteiger partial charge in [0.2, 0.25) is 0 Å². The third kappa shape index (κ3) is 4.78. The predicted molar refractivity (Wildman–Crippen MR) is 71.1 cm³/mol. The van der Waals surface area contributed by atoms with Gasteiger partial charge in [-0.3, -0.25) is 15.0 Å². The highest BCUT2D eigenvalue weighted by Gasteiger charge is 2.20. The highest BCUT2D eigenvalue weighted by molar-refractivity contribution is 7.91. The number of hydrazine groups is 1. The first kappa shape index (κ1) is 15.9. The Morgan fingerprint density at radius 3 is 2.37 bits per heavy atom. The van der Waals surface area contributed by atoms with Gasteiger partial charge in [0.1, 0.15) is 4.21 Å². The van der Waals surface area contributed by atoms with Gasteiger partial charge in [0, 0.05) is 6.04 Å². The summed E-state index contributed by atoms with van der Waals surface area (Å²) in [7, 11) is -3.92. The number of halogens is 1. The third-order valence-electron chi connectivity index (χ3n) is 1.74. The summed E-state index contributed by atoms with van der Waals surface area (Å²) < 4.78 is 23.6. The van der Waals surface area contributed by atoms with Crippen LogP contribution in [0.25, 0.3) is 0 Å². The Labute approximate surface area is 119 Å². The highest BCUT2D eigenvalue weighted by atomic mass is 35.5. The van der Waals surface area contributed by atoms with E-state index in [2.05, 4.69) is 5.32 Å². The van der Waals surface area contributed by atoms with Crippen LogP contribution < -0.4 is 15.6 Å². The van der Waals surface area contributed by atoms with Gasteiger partial charge >= 0.3 is 11.8 Å². The number of carbonyl (C=O) groups is 2. The Hall–Kier alpha value is -1.16. The lowest BCUT2D eigenvalue weighted by molar-refractivity contribution is -0.139. The van der Waals surface area contributed by atoms with Gasteiger partial charge in [-0.1, -0.05) is 11.6 Å². The van der Waals surface area contributed by atoms with Gasteiger partial charge < -0.3 is 5.32 Å². The summed E-state index contributed by atoms with van der Waals surface area (Å²) in [4.78, 5) is 24.3. The van der Waals surface area contributed by atoms with Crippen molar-refractivity contribution in [2.45, 2.75) is 24.1 Å². The molecule has 2 amide bonds. The standard InChI is InChI=1S/C9H12ClN3O4S2/c1-5(2)11-8(14)9(15)12-13-19(16,17)7-4-3-6(10)18-7/h3-5,13H,1-2H3,(H,11,14)(H,12,15). The summed E-state index contributed by atoms with van der Waals surface area (Å²) in [6.07, 6.45) is 0. The van der Waals surface area contributed by atoms with Crippen molar-refractivity contribution in [1.29, 1.82) is 0 Å². The Kier molecular flexibility index (Phi) is 5.29. The SMILES string of the molecule is CC(C)NC(=O)C(=O)NNS(=O)(=O)c1ccc(Cl)s1.